The van der Waals surface area contributed by atoms with Crippen LogP contribution >= 0.6 is 11.6 Å². The number of hydrogen-bond donors (Lipinski definition) is 1. The van der Waals surface area contributed by atoms with E-state index in [1.165, 1.54) is 0 Å². The zero-order valence-corrected chi connectivity index (χ0v) is 14.1. The molecular formula is C16H24ClNOS. The minimum absolute atomic E-state index is 0.219. The van der Waals surface area contributed by atoms with Crippen LogP contribution in [0.25, 0.3) is 0 Å². The van der Waals surface area contributed by atoms with Gasteiger partial charge in [-0.3, -0.25) is 4.21 Å². The first kappa shape index (κ1) is 16.0. The highest BCUT2D eigenvalue weighted by Gasteiger charge is 2.43. The van der Waals surface area contributed by atoms with E-state index in [4.69, 9.17) is 11.6 Å². The number of benzene rings is 1. The maximum Gasteiger partial charge on any atom is 0.0510 e. The first-order valence-electron chi connectivity index (χ1n) is 7.29. The minimum atomic E-state index is -0.882. The molecule has 3 unspecified atom stereocenters. The molecule has 0 bridgehead atoms. The normalized spacial score (nSPS) is 26.6. The Labute approximate surface area is 129 Å². The van der Waals surface area contributed by atoms with Crippen molar-refractivity contribution in [2.24, 2.45) is 5.41 Å². The molecular weight excluding hydrogens is 290 g/mol. The predicted molar refractivity (Wildman–Crippen MR) is 87.6 cm³/mol. The Hall–Kier alpha value is -0.380. The summed E-state index contributed by atoms with van der Waals surface area (Å²) in [6, 6.07) is 8.04. The first-order chi connectivity index (χ1) is 9.45. The molecule has 20 heavy (non-hydrogen) atoms. The molecule has 1 aromatic rings. The smallest absolute Gasteiger partial charge is 0.0510 e. The second-order valence-electron chi connectivity index (χ2n) is 6.22. The molecule has 2 rings (SSSR count). The Morgan fingerprint density at radius 2 is 2.10 bits per heavy atom. The molecule has 0 spiro atoms. The van der Waals surface area contributed by atoms with Gasteiger partial charge in [-0.2, -0.15) is 0 Å². The summed E-state index contributed by atoms with van der Waals surface area (Å²) >= 11 is 6.18. The topological polar surface area (TPSA) is 29.1 Å². The third-order valence-corrected chi connectivity index (χ3v) is 6.45. The van der Waals surface area contributed by atoms with Crippen molar-refractivity contribution in [3.63, 3.8) is 0 Å². The van der Waals surface area contributed by atoms with Crippen LogP contribution in [0.3, 0.4) is 0 Å². The van der Waals surface area contributed by atoms with Crippen LogP contribution in [0.15, 0.2) is 24.3 Å². The van der Waals surface area contributed by atoms with E-state index in [2.05, 4.69) is 26.1 Å². The molecule has 0 aliphatic heterocycles. The summed E-state index contributed by atoms with van der Waals surface area (Å²) < 4.78 is 12.8. The summed E-state index contributed by atoms with van der Waals surface area (Å²) in [4.78, 5) is 0. The zero-order chi connectivity index (χ0) is 14.8. The summed E-state index contributed by atoms with van der Waals surface area (Å²) in [5.41, 5.74) is 1.21. The predicted octanol–water partition coefficient (Wildman–Crippen LogP) is 3.76. The third-order valence-electron chi connectivity index (χ3n) is 4.30. The number of rotatable bonds is 5. The molecule has 1 saturated carbocycles. The van der Waals surface area contributed by atoms with Gasteiger partial charge < -0.3 is 5.32 Å². The van der Waals surface area contributed by atoms with Crippen molar-refractivity contribution < 1.29 is 4.21 Å². The Kier molecular flexibility index (Phi) is 5.27. The molecule has 0 saturated heterocycles. The maximum absolute atomic E-state index is 12.8. The molecule has 4 heteroatoms. The molecule has 1 aliphatic carbocycles. The summed E-state index contributed by atoms with van der Waals surface area (Å²) in [6.45, 7) is 7.58. The fourth-order valence-corrected chi connectivity index (χ4v) is 5.33. The van der Waals surface area contributed by atoms with Crippen LogP contribution in [0, 0.1) is 5.41 Å². The molecule has 1 fully saturated rings. The van der Waals surface area contributed by atoms with E-state index in [1.807, 2.05) is 24.3 Å². The largest absolute Gasteiger partial charge is 0.313 e. The Morgan fingerprint density at radius 1 is 1.40 bits per heavy atom. The van der Waals surface area contributed by atoms with Gasteiger partial charge in [0.25, 0.3) is 0 Å². The molecule has 0 radical (unpaired) electrons. The van der Waals surface area contributed by atoms with Crippen LogP contribution in [-0.4, -0.2) is 22.0 Å². The van der Waals surface area contributed by atoms with Gasteiger partial charge in [0.05, 0.1) is 11.0 Å². The summed E-state index contributed by atoms with van der Waals surface area (Å²) in [5.74, 6) is 0.558. The first-order valence-corrected chi connectivity index (χ1v) is 9.05. The van der Waals surface area contributed by atoms with E-state index >= 15 is 0 Å². The molecule has 0 heterocycles. The van der Waals surface area contributed by atoms with Crippen LogP contribution in [0.4, 0.5) is 0 Å². The SMILES string of the molecule is CCNC1C(S(=O)Cc2ccccc2Cl)CCC1(C)C. The van der Waals surface area contributed by atoms with Gasteiger partial charge in [-0.15, -0.1) is 0 Å². The van der Waals surface area contributed by atoms with Gasteiger partial charge in [0.15, 0.2) is 0 Å². The minimum Gasteiger partial charge on any atom is -0.313 e. The second kappa shape index (κ2) is 6.59. The highest BCUT2D eigenvalue weighted by atomic mass is 35.5. The molecule has 0 amide bonds. The lowest BCUT2D eigenvalue weighted by molar-refractivity contribution is 0.289. The molecule has 0 aromatic heterocycles. The number of halogens is 1. The van der Waals surface area contributed by atoms with E-state index in [-0.39, 0.29) is 10.7 Å². The summed E-state index contributed by atoms with van der Waals surface area (Å²) in [7, 11) is -0.882. The summed E-state index contributed by atoms with van der Waals surface area (Å²) in [6.07, 6.45) is 2.16. The molecule has 1 N–H and O–H groups in total. The Balaban J connectivity index is 2.11. The lowest BCUT2D eigenvalue weighted by Crippen LogP contribution is -2.46. The summed E-state index contributed by atoms with van der Waals surface area (Å²) in [5, 5.41) is 4.48. The van der Waals surface area contributed by atoms with Crippen molar-refractivity contribution in [2.75, 3.05) is 6.54 Å². The van der Waals surface area contributed by atoms with Crippen LogP contribution in [0.2, 0.25) is 5.02 Å². The highest BCUT2D eigenvalue weighted by Crippen LogP contribution is 2.40. The lowest BCUT2D eigenvalue weighted by Gasteiger charge is -2.31. The van der Waals surface area contributed by atoms with Crippen molar-refractivity contribution in [2.45, 2.75) is 50.7 Å². The fourth-order valence-electron chi connectivity index (χ4n) is 3.13. The van der Waals surface area contributed by atoms with Gasteiger partial charge in [0.2, 0.25) is 0 Å². The maximum atomic E-state index is 12.8. The van der Waals surface area contributed by atoms with Crippen molar-refractivity contribution in [1.29, 1.82) is 0 Å². The molecule has 1 aliphatic rings. The van der Waals surface area contributed by atoms with E-state index < -0.39 is 10.8 Å². The highest BCUT2D eigenvalue weighted by molar-refractivity contribution is 7.84. The second-order valence-corrected chi connectivity index (χ2v) is 8.28. The lowest BCUT2D eigenvalue weighted by atomic mass is 9.87. The molecule has 112 valence electrons. The number of hydrogen-bond acceptors (Lipinski definition) is 2. The molecule has 3 atom stereocenters. The quantitative estimate of drug-likeness (QED) is 0.897. The van der Waals surface area contributed by atoms with Crippen molar-refractivity contribution >= 4 is 22.4 Å². The Morgan fingerprint density at radius 3 is 2.75 bits per heavy atom. The van der Waals surface area contributed by atoms with Crippen LogP contribution < -0.4 is 5.32 Å². The average Bonchev–Trinajstić information content (AvgIpc) is 2.69. The van der Waals surface area contributed by atoms with E-state index in [0.717, 1.165) is 30.0 Å². The van der Waals surface area contributed by atoms with E-state index in [9.17, 15) is 4.21 Å². The van der Waals surface area contributed by atoms with Crippen molar-refractivity contribution in [3.05, 3.63) is 34.9 Å². The van der Waals surface area contributed by atoms with Crippen LogP contribution in [-0.2, 0) is 16.6 Å². The van der Waals surface area contributed by atoms with Crippen LogP contribution in [0.1, 0.15) is 39.2 Å². The Bertz CT molecular complexity index is 489. The van der Waals surface area contributed by atoms with Gasteiger partial charge in [0.1, 0.15) is 0 Å². The number of nitrogens with one attached hydrogen (secondary N) is 1. The van der Waals surface area contributed by atoms with Gasteiger partial charge in [-0.05, 0) is 36.4 Å². The van der Waals surface area contributed by atoms with Gasteiger partial charge in [-0.1, -0.05) is 50.6 Å². The van der Waals surface area contributed by atoms with E-state index in [1.54, 1.807) is 0 Å². The van der Waals surface area contributed by atoms with Gasteiger partial charge >= 0.3 is 0 Å². The van der Waals surface area contributed by atoms with Crippen molar-refractivity contribution in [1.82, 2.24) is 5.32 Å². The van der Waals surface area contributed by atoms with Crippen LogP contribution in [0.5, 0.6) is 0 Å². The van der Waals surface area contributed by atoms with E-state index in [0.29, 0.717) is 11.8 Å². The van der Waals surface area contributed by atoms with Gasteiger partial charge in [-0.25, -0.2) is 0 Å². The van der Waals surface area contributed by atoms with Crippen molar-refractivity contribution in [3.8, 4) is 0 Å². The average molecular weight is 314 g/mol. The fraction of sp³-hybridized carbons (Fsp3) is 0.625. The molecule has 2 nitrogen and oxygen atoms in total. The monoisotopic (exact) mass is 313 g/mol. The molecule has 1 aromatic carbocycles. The zero-order valence-electron chi connectivity index (χ0n) is 12.5. The standard InChI is InChI=1S/C16H24ClNOS/c1-4-18-15-14(9-10-16(15,2)3)20(19)11-12-7-5-6-8-13(12)17/h5-8,14-15,18H,4,9-11H2,1-3H3. The third kappa shape index (κ3) is 3.44. The van der Waals surface area contributed by atoms with Gasteiger partial charge in [0, 0.05) is 21.9 Å².